The van der Waals surface area contributed by atoms with Gasteiger partial charge in [-0.3, -0.25) is 0 Å². The van der Waals surface area contributed by atoms with E-state index in [4.69, 9.17) is 8.83 Å². The van der Waals surface area contributed by atoms with Crippen LogP contribution in [0.25, 0.3) is 65.4 Å². The number of fused-ring (bicyclic) bond motifs is 10. The van der Waals surface area contributed by atoms with Crippen molar-refractivity contribution in [3.63, 3.8) is 0 Å². The molecule has 0 aliphatic carbocycles. The Labute approximate surface area is 362 Å². The van der Waals surface area contributed by atoms with E-state index in [1.54, 1.807) is 0 Å². The SMILES string of the molecule is Cc1cc(C)cc(N(c2cc(C)cc(C)c2)c2ccc3c(ccc4c5cc6c(cc5oc34)oc3c4ccc(N(c5cc(C)cc(C)c5)c5cc(C)cc(C)c5)cc4ccc63)c2)c1. The van der Waals surface area contributed by atoms with Gasteiger partial charge in [0, 0.05) is 72.5 Å². The molecule has 62 heavy (non-hydrogen) atoms. The lowest BCUT2D eigenvalue weighted by Crippen LogP contribution is -2.11. The van der Waals surface area contributed by atoms with Crippen molar-refractivity contribution in [3.05, 3.63) is 190 Å². The van der Waals surface area contributed by atoms with Crippen molar-refractivity contribution in [2.24, 2.45) is 0 Å². The van der Waals surface area contributed by atoms with Gasteiger partial charge in [-0.2, -0.15) is 0 Å². The van der Waals surface area contributed by atoms with Crippen molar-refractivity contribution < 1.29 is 8.83 Å². The highest BCUT2D eigenvalue weighted by molar-refractivity contribution is 6.22. The van der Waals surface area contributed by atoms with Crippen molar-refractivity contribution in [1.82, 2.24) is 0 Å². The summed E-state index contributed by atoms with van der Waals surface area (Å²) in [5, 5.41) is 8.79. The quantitative estimate of drug-likeness (QED) is 0.168. The number of aryl methyl sites for hydroxylation is 8. The normalized spacial score (nSPS) is 11.9. The summed E-state index contributed by atoms with van der Waals surface area (Å²) < 4.78 is 13.5. The van der Waals surface area contributed by atoms with Crippen molar-refractivity contribution >= 4 is 99.5 Å². The number of furan rings is 2. The maximum Gasteiger partial charge on any atom is 0.143 e. The van der Waals surface area contributed by atoms with Gasteiger partial charge < -0.3 is 18.6 Å². The molecule has 0 aliphatic heterocycles. The zero-order chi connectivity index (χ0) is 42.6. The molecule has 0 saturated carbocycles. The first-order chi connectivity index (χ1) is 29.9. The van der Waals surface area contributed by atoms with E-state index in [1.807, 2.05) is 0 Å². The van der Waals surface area contributed by atoms with Crippen molar-refractivity contribution in [3.8, 4) is 0 Å². The lowest BCUT2D eigenvalue weighted by atomic mass is 10.0. The second-order valence-corrected chi connectivity index (χ2v) is 17.8. The molecule has 0 bridgehead atoms. The molecule has 0 saturated heterocycles. The minimum atomic E-state index is 0.819. The van der Waals surface area contributed by atoms with Crippen LogP contribution in [0.15, 0.2) is 154 Å². The van der Waals surface area contributed by atoms with Crippen LogP contribution in [0.1, 0.15) is 44.5 Å². The largest absolute Gasteiger partial charge is 0.455 e. The molecule has 11 aromatic rings. The summed E-state index contributed by atoms with van der Waals surface area (Å²) in [7, 11) is 0. The number of hydrogen-bond acceptors (Lipinski definition) is 4. The molecule has 0 N–H and O–H groups in total. The predicted molar refractivity (Wildman–Crippen MR) is 263 cm³/mol. The lowest BCUT2D eigenvalue weighted by molar-refractivity contribution is 0.660. The third-order valence-electron chi connectivity index (χ3n) is 12.4. The summed E-state index contributed by atoms with van der Waals surface area (Å²) in [6, 6.07) is 53.8. The smallest absolute Gasteiger partial charge is 0.143 e. The Morgan fingerprint density at radius 3 is 0.887 bits per heavy atom. The van der Waals surface area contributed by atoms with Gasteiger partial charge in [0.15, 0.2) is 0 Å². The van der Waals surface area contributed by atoms with Gasteiger partial charge in [0.1, 0.15) is 22.3 Å². The summed E-state index contributed by atoms with van der Waals surface area (Å²) in [6.45, 7) is 17.3. The highest BCUT2D eigenvalue weighted by Crippen LogP contribution is 2.44. The van der Waals surface area contributed by atoms with Gasteiger partial charge in [0.05, 0.1) is 0 Å². The summed E-state index contributed by atoms with van der Waals surface area (Å²) in [5.41, 5.74) is 20.1. The molecule has 4 nitrogen and oxygen atoms in total. The van der Waals surface area contributed by atoms with Crippen LogP contribution in [0.3, 0.4) is 0 Å². The molecule has 4 heteroatoms. The van der Waals surface area contributed by atoms with Crippen LogP contribution in [0.4, 0.5) is 34.1 Å². The van der Waals surface area contributed by atoms with E-state index in [2.05, 4.69) is 211 Å². The molecule has 0 amide bonds. The number of anilines is 6. The summed E-state index contributed by atoms with van der Waals surface area (Å²) in [6.07, 6.45) is 0. The first-order valence-corrected chi connectivity index (χ1v) is 21.5. The fraction of sp³-hybridized carbons (Fsp3) is 0.138. The number of hydrogen-bond donors (Lipinski definition) is 0. The van der Waals surface area contributed by atoms with Crippen LogP contribution in [0.2, 0.25) is 0 Å². The van der Waals surface area contributed by atoms with Crippen LogP contribution in [-0.4, -0.2) is 0 Å². The van der Waals surface area contributed by atoms with E-state index in [1.165, 1.54) is 44.5 Å². The van der Waals surface area contributed by atoms with Crippen LogP contribution < -0.4 is 9.80 Å². The minimum absolute atomic E-state index is 0.819. The lowest BCUT2D eigenvalue weighted by Gasteiger charge is -2.27. The van der Waals surface area contributed by atoms with Crippen molar-refractivity contribution in [1.29, 1.82) is 0 Å². The molecule has 0 radical (unpaired) electrons. The average Bonchev–Trinajstić information content (AvgIpc) is 3.76. The molecule has 9 aromatic carbocycles. The molecule has 0 aliphatic rings. The molecule has 0 fully saturated rings. The highest BCUT2D eigenvalue weighted by Gasteiger charge is 2.21. The van der Waals surface area contributed by atoms with Crippen molar-refractivity contribution in [2.45, 2.75) is 55.4 Å². The van der Waals surface area contributed by atoms with Gasteiger partial charge in [-0.15, -0.1) is 0 Å². The van der Waals surface area contributed by atoms with Gasteiger partial charge >= 0.3 is 0 Å². The Hall–Kier alpha value is -7.30. The second kappa shape index (κ2) is 14.1. The van der Waals surface area contributed by atoms with E-state index in [0.29, 0.717) is 0 Å². The maximum atomic E-state index is 6.77. The first-order valence-electron chi connectivity index (χ1n) is 21.5. The first kappa shape index (κ1) is 37.7. The molecule has 0 atom stereocenters. The summed E-state index contributed by atoms with van der Waals surface area (Å²) in [4.78, 5) is 4.75. The summed E-state index contributed by atoms with van der Waals surface area (Å²) >= 11 is 0. The van der Waals surface area contributed by atoms with E-state index in [-0.39, 0.29) is 0 Å². The molecule has 2 aromatic heterocycles. The molecular formula is C58H48N2O2. The van der Waals surface area contributed by atoms with E-state index >= 15 is 0 Å². The number of rotatable bonds is 6. The summed E-state index contributed by atoms with van der Waals surface area (Å²) in [5.74, 6) is 0. The van der Waals surface area contributed by atoms with E-state index in [9.17, 15) is 0 Å². The van der Waals surface area contributed by atoms with Gasteiger partial charge in [-0.1, -0.05) is 36.4 Å². The maximum absolute atomic E-state index is 6.77. The Morgan fingerprint density at radius 1 is 0.258 bits per heavy atom. The van der Waals surface area contributed by atoms with Crippen molar-refractivity contribution in [2.75, 3.05) is 9.80 Å². The molecule has 302 valence electrons. The zero-order valence-corrected chi connectivity index (χ0v) is 36.6. The standard InChI is InChI=1S/C58H48N2O2/c1-33-17-34(2)22-45(21-33)59(46-23-35(3)18-36(4)24-46)43-11-15-49-41(29-43)9-13-51-53-31-54-52-14-10-42-30-44(12-16-50(42)58(52)62-56(54)32-55(53)61-57(49)51)60(47-25-37(5)19-38(6)26-47)48-27-39(7)20-40(8)28-48/h9-32H,1-8H3. The van der Waals surface area contributed by atoms with Crippen LogP contribution in [0.5, 0.6) is 0 Å². The second-order valence-electron chi connectivity index (χ2n) is 17.8. The zero-order valence-electron chi connectivity index (χ0n) is 36.6. The van der Waals surface area contributed by atoms with Crippen LogP contribution in [-0.2, 0) is 0 Å². The molecule has 11 rings (SSSR count). The fourth-order valence-corrected chi connectivity index (χ4v) is 10.1. The number of benzene rings is 9. The Morgan fingerprint density at radius 2 is 0.565 bits per heavy atom. The monoisotopic (exact) mass is 804 g/mol. The Kier molecular flexibility index (Phi) is 8.59. The molecule has 0 spiro atoms. The topological polar surface area (TPSA) is 32.8 Å². The molecular weight excluding hydrogens is 757 g/mol. The molecule has 2 heterocycles. The Balaban J connectivity index is 1.01. The van der Waals surface area contributed by atoms with Gasteiger partial charge in [0.2, 0.25) is 0 Å². The van der Waals surface area contributed by atoms with E-state index in [0.717, 1.165) is 99.5 Å². The third-order valence-corrected chi connectivity index (χ3v) is 12.4. The minimum Gasteiger partial charge on any atom is -0.455 e. The van der Waals surface area contributed by atoms with Crippen LogP contribution in [0, 0.1) is 55.4 Å². The van der Waals surface area contributed by atoms with E-state index < -0.39 is 0 Å². The fourth-order valence-electron chi connectivity index (χ4n) is 10.1. The average molecular weight is 805 g/mol. The number of nitrogens with zero attached hydrogens (tertiary/aromatic N) is 2. The third kappa shape index (κ3) is 6.37. The molecule has 0 unspecified atom stereocenters. The predicted octanol–water partition coefficient (Wildman–Crippen LogP) is 17.2. The van der Waals surface area contributed by atoms with Crippen LogP contribution >= 0.6 is 0 Å². The van der Waals surface area contributed by atoms with Gasteiger partial charge in [-0.25, -0.2) is 0 Å². The Bertz CT molecular complexity index is 3220. The van der Waals surface area contributed by atoms with Gasteiger partial charge in [0.25, 0.3) is 0 Å². The highest BCUT2D eigenvalue weighted by atomic mass is 16.3. The van der Waals surface area contributed by atoms with Gasteiger partial charge in [-0.05, 0) is 214 Å².